The molecule has 2 aromatic heterocycles. The van der Waals surface area contributed by atoms with Gasteiger partial charge < -0.3 is 15.8 Å². The topological polar surface area (TPSA) is 86.0 Å². The molecule has 0 fully saturated rings. The number of anilines is 3. The van der Waals surface area contributed by atoms with Crippen molar-refractivity contribution in [2.45, 2.75) is 13.3 Å². The van der Waals surface area contributed by atoms with E-state index in [0.29, 0.717) is 23.1 Å². The Balaban J connectivity index is 1.88. The van der Waals surface area contributed by atoms with Crippen LogP contribution in [0.3, 0.4) is 0 Å². The molecule has 0 radical (unpaired) electrons. The van der Waals surface area contributed by atoms with E-state index in [4.69, 9.17) is 10.5 Å². The maximum absolute atomic E-state index is 6.14. The molecule has 0 spiro atoms. The fourth-order valence-corrected chi connectivity index (χ4v) is 2.16. The summed E-state index contributed by atoms with van der Waals surface area (Å²) in [6.45, 7) is 2.10. The van der Waals surface area contributed by atoms with E-state index < -0.39 is 0 Å². The summed E-state index contributed by atoms with van der Waals surface area (Å²) < 4.78 is 5.67. The standard InChI is InChI=1S/C17H17N5O/c1-2-12-6-3-4-8-14(12)22-16-15(18)17(21-11-20-16)23-13-7-5-9-19-10-13/h3-11H,2,18H2,1H3,(H,20,21,22). The van der Waals surface area contributed by atoms with Crippen molar-refractivity contribution in [2.75, 3.05) is 11.1 Å². The van der Waals surface area contributed by atoms with Crippen LogP contribution in [0.25, 0.3) is 0 Å². The van der Waals surface area contributed by atoms with E-state index in [1.165, 1.54) is 11.9 Å². The largest absolute Gasteiger partial charge is 0.435 e. The minimum absolute atomic E-state index is 0.296. The third-order valence-electron chi connectivity index (χ3n) is 3.35. The molecule has 0 aliphatic rings. The number of aromatic nitrogens is 3. The number of nitrogens with zero attached hydrogens (tertiary/aromatic N) is 3. The molecule has 116 valence electrons. The van der Waals surface area contributed by atoms with E-state index in [-0.39, 0.29) is 0 Å². The molecule has 3 aromatic rings. The Bertz CT molecular complexity index is 792. The van der Waals surface area contributed by atoms with Gasteiger partial charge in [0.25, 0.3) is 0 Å². The lowest BCUT2D eigenvalue weighted by Crippen LogP contribution is -2.04. The Kier molecular flexibility index (Phi) is 4.33. The molecule has 0 bridgehead atoms. The van der Waals surface area contributed by atoms with Gasteiger partial charge in [-0.1, -0.05) is 25.1 Å². The van der Waals surface area contributed by atoms with Crippen molar-refractivity contribution < 1.29 is 4.74 Å². The molecule has 0 unspecified atom stereocenters. The van der Waals surface area contributed by atoms with Gasteiger partial charge in [0.15, 0.2) is 5.82 Å². The van der Waals surface area contributed by atoms with Gasteiger partial charge in [-0.3, -0.25) is 4.98 Å². The number of nitrogens with one attached hydrogen (secondary N) is 1. The monoisotopic (exact) mass is 307 g/mol. The average molecular weight is 307 g/mol. The molecule has 1 aromatic carbocycles. The number of para-hydroxylation sites is 1. The van der Waals surface area contributed by atoms with Crippen LogP contribution in [0, 0.1) is 0 Å². The van der Waals surface area contributed by atoms with Crippen LogP contribution in [-0.2, 0) is 6.42 Å². The molecule has 0 aliphatic carbocycles. The van der Waals surface area contributed by atoms with Gasteiger partial charge in [0.05, 0.1) is 6.20 Å². The lowest BCUT2D eigenvalue weighted by Gasteiger charge is -2.13. The van der Waals surface area contributed by atoms with Crippen molar-refractivity contribution in [1.29, 1.82) is 0 Å². The van der Waals surface area contributed by atoms with Crippen molar-refractivity contribution in [3.63, 3.8) is 0 Å². The minimum Gasteiger partial charge on any atom is -0.435 e. The number of pyridine rings is 1. The summed E-state index contributed by atoms with van der Waals surface area (Å²) in [7, 11) is 0. The highest BCUT2D eigenvalue weighted by atomic mass is 16.5. The van der Waals surface area contributed by atoms with E-state index >= 15 is 0 Å². The van der Waals surface area contributed by atoms with Gasteiger partial charge in [0, 0.05) is 11.9 Å². The van der Waals surface area contributed by atoms with E-state index in [1.807, 2.05) is 18.2 Å². The van der Waals surface area contributed by atoms with E-state index in [1.54, 1.807) is 24.5 Å². The number of hydrogen-bond acceptors (Lipinski definition) is 6. The molecular formula is C17H17N5O. The van der Waals surface area contributed by atoms with Crippen molar-refractivity contribution in [3.8, 4) is 11.6 Å². The zero-order valence-electron chi connectivity index (χ0n) is 12.7. The Morgan fingerprint density at radius 1 is 1.13 bits per heavy atom. The van der Waals surface area contributed by atoms with Crippen LogP contribution >= 0.6 is 0 Å². The number of nitrogens with two attached hydrogens (primary N) is 1. The molecule has 0 saturated heterocycles. The van der Waals surface area contributed by atoms with Gasteiger partial charge in [-0.05, 0) is 30.2 Å². The van der Waals surface area contributed by atoms with Gasteiger partial charge in [-0.15, -0.1) is 0 Å². The maximum Gasteiger partial charge on any atom is 0.248 e. The SMILES string of the molecule is CCc1ccccc1Nc1ncnc(Oc2cccnc2)c1N. The highest BCUT2D eigenvalue weighted by molar-refractivity contribution is 5.73. The smallest absolute Gasteiger partial charge is 0.248 e. The molecule has 23 heavy (non-hydrogen) atoms. The second-order valence-corrected chi connectivity index (χ2v) is 4.87. The van der Waals surface area contributed by atoms with Gasteiger partial charge in [-0.25, -0.2) is 4.98 Å². The predicted molar refractivity (Wildman–Crippen MR) is 89.9 cm³/mol. The number of nitrogen functional groups attached to an aromatic ring is 1. The molecule has 0 saturated carbocycles. The number of hydrogen-bond donors (Lipinski definition) is 2. The number of ether oxygens (including phenoxy) is 1. The first-order valence-corrected chi connectivity index (χ1v) is 7.31. The Morgan fingerprint density at radius 2 is 2.00 bits per heavy atom. The Hall–Kier alpha value is -3.15. The summed E-state index contributed by atoms with van der Waals surface area (Å²) in [5.74, 6) is 1.38. The van der Waals surface area contributed by atoms with Crippen molar-refractivity contribution >= 4 is 17.2 Å². The fourth-order valence-electron chi connectivity index (χ4n) is 2.16. The zero-order chi connectivity index (χ0) is 16.1. The van der Waals surface area contributed by atoms with Crippen LogP contribution in [0.15, 0.2) is 55.1 Å². The van der Waals surface area contributed by atoms with Crippen molar-refractivity contribution in [2.24, 2.45) is 0 Å². The first-order valence-electron chi connectivity index (χ1n) is 7.31. The molecule has 0 atom stereocenters. The first-order chi connectivity index (χ1) is 11.3. The van der Waals surface area contributed by atoms with Gasteiger partial charge in [0.1, 0.15) is 17.8 Å². The van der Waals surface area contributed by atoms with Gasteiger partial charge >= 0.3 is 0 Å². The lowest BCUT2D eigenvalue weighted by molar-refractivity contribution is 0.462. The summed E-state index contributed by atoms with van der Waals surface area (Å²) in [6.07, 6.45) is 5.60. The Labute approximate surface area is 134 Å². The first kappa shape index (κ1) is 14.8. The van der Waals surface area contributed by atoms with Gasteiger partial charge in [-0.2, -0.15) is 4.98 Å². The van der Waals surface area contributed by atoms with E-state index in [9.17, 15) is 0 Å². The molecule has 6 nitrogen and oxygen atoms in total. The lowest BCUT2D eigenvalue weighted by atomic mass is 10.1. The molecule has 0 amide bonds. The zero-order valence-corrected chi connectivity index (χ0v) is 12.7. The van der Waals surface area contributed by atoms with Crippen molar-refractivity contribution in [3.05, 3.63) is 60.7 Å². The predicted octanol–water partition coefficient (Wildman–Crippen LogP) is 3.55. The molecular weight excluding hydrogens is 290 g/mol. The Morgan fingerprint density at radius 3 is 2.78 bits per heavy atom. The van der Waals surface area contributed by atoms with Crippen LogP contribution < -0.4 is 15.8 Å². The molecule has 2 heterocycles. The molecule has 0 aliphatic heterocycles. The van der Waals surface area contributed by atoms with Crippen LogP contribution in [0.1, 0.15) is 12.5 Å². The normalized spacial score (nSPS) is 10.3. The number of aryl methyl sites for hydroxylation is 1. The molecule has 6 heteroatoms. The van der Waals surface area contributed by atoms with Crippen LogP contribution in [0.4, 0.5) is 17.2 Å². The van der Waals surface area contributed by atoms with Crippen LogP contribution in [-0.4, -0.2) is 15.0 Å². The summed E-state index contributed by atoms with van der Waals surface area (Å²) in [6, 6.07) is 11.6. The number of benzene rings is 1. The third kappa shape index (κ3) is 3.37. The summed E-state index contributed by atoms with van der Waals surface area (Å²) >= 11 is 0. The summed E-state index contributed by atoms with van der Waals surface area (Å²) in [4.78, 5) is 12.3. The van der Waals surface area contributed by atoms with E-state index in [0.717, 1.165) is 12.1 Å². The second-order valence-electron chi connectivity index (χ2n) is 4.87. The maximum atomic E-state index is 6.14. The minimum atomic E-state index is 0.296. The van der Waals surface area contributed by atoms with Crippen LogP contribution in [0.2, 0.25) is 0 Å². The summed E-state index contributed by atoms with van der Waals surface area (Å²) in [5, 5.41) is 3.25. The van der Waals surface area contributed by atoms with E-state index in [2.05, 4.69) is 33.3 Å². The molecule has 3 rings (SSSR count). The molecule has 3 N–H and O–H groups in total. The highest BCUT2D eigenvalue weighted by Crippen LogP contribution is 2.31. The number of rotatable bonds is 5. The van der Waals surface area contributed by atoms with Gasteiger partial charge in [0.2, 0.25) is 5.88 Å². The second kappa shape index (κ2) is 6.74. The highest BCUT2D eigenvalue weighted by Gasteiger charge is 2.11. The quantitative estimate of drug-likeness (QED) is 0.749. The average Bonchev–Trinajstić information content (AvgIpc) is 2.60. The summed E-state index contributed by atoms with van der Waals surface area (Å²) in [5.41, 5.74) is 8.63. The van der Waals surface area contributed by atoms with Crippen LogP contribution in [0.5, 0.6) is 11.6 Å². The van der Waals surface area contributed by atoms with Crippen molar-refractivity contribution in [1.82, 2.24) is 15.0 Å². The fraction of sp³-hybridized carbons (Fsp3) is 0.118. The third-order valence-corrected chi connectivity index (χ3v) is 3.35.